The monoisotopic (exact) mass is 280 g/mol. The molecule has 1 N–H and O–H groups in total. The molecule has 0 bridgehead atoms. The van der Waals surface area contributed by atoms with Crippen LogP contribution in [0.2, 0.25) is 0 Å². The Labute approximate surface area is 120 Å². The van der Waals surface area contributed by atoms with Crippen molar-refractivity contribution in [2.45, 2.75) is 33.2 Å². The number of aliphatic imine (C=N–C) groups is 1. The highest BCUT2D eigenvalue weighted by Gasteiger charge is 2.08. The molecule has 1 heterocycles. The van der Waals surface area contributed by atoms with Gasteiger partial charge in [-0.05, 0) is 26.7 Å². The van der Waals surface area contributed by atoms with Crippen LogP contribution in [-0.4, -0.2) is 36.5 Å². The van der Waals surface area contributed by atoms with Gasteiger partial charge in [-0.15, -0.1) is 17.9 Å². The van der Waals surface area contributed by atoms with Gasteiger partial charge in [0, 0.05) is 25.5 Å². The summed E-state index contributed by atoms with van der Waals surface area (Å²) in [6.45, 7) is 9.60. The van der Waals surface area contributed by atoms with Crippen LogP contribution >= 0.6 is 11.3 Å². The van der Waals surface area contributed by atoms with Gasteiger partial charge in [-0.1, -0.05) is 6.08 Å². The Morgan fingerprint density at radius 1 is 1.53 bits per heavy atom. The van der Waals surface area contributed by atoms with Crippen LogP contribution in [0.25, 0.3) is 0 Å². The maximum atomic E-state index is 4.43. The first-order valence-electron chi connectivity index (χ1n) is 6.54. The van der Waals surface area contributed by atoms with Gasteiger partial charge in [0.2, 0.25) is 0 Å². The van der Waals surface area contributed by atoms with E-state index in [9.17, 15) is 0 Å². The molecular formula is C14H24N4S. The lowest BCUT2D eigenvalue weighted by Crippen LogP contribution is -2.38. The quantitative estimate of drug-likeness (QED) is 0.377. The molecule has 0 atom stereocenters. The molecule has 1 aromatic heterocycles. The van der Waals surface area contributed by atoms with Crippen molar-refractivity contribution < 1.29 is 0 Å². The number of hydrogen-bond acceptors (Lipinski definition) is 3. The molecule has 0 unspecified atom stereocenters. The van der Waals surface area contributed by atoms with Gasteiger partial charge >= 0.3 is 0 Å². The van der Waals surface area contributed by atoms with Gasteiger partial charge in [0.15, 0.2) is 5.96 Å². The number of nitrogens with one attached hydrogen (secondary N) is 1. The van der Waals surface area contributed by atoms with E-state index in [1.165, 1.54) is 4.88 Å². The number of thiazole rings is 1. The predicted octanol–water partition coefficient (Wildman–Crippen LogP) is 2.73. The summed E-state index contributed by atoms with van der Waals surface area (Å²) in [6.07, 6.45) is 4.08. The summed E-state index contributed by atoms with van der Waals surface area (Å²) < 4.78 is 0. The summed E-state index contributed by atoms with van der Waals surface area (Å²) in [5.74, 6) is 0.925. The maximum absolute atomic E-state index is 4.43. The third kappa shape index (κ3) is 5.03. The number of guanidine groups is 1. The van der Waals surface area contributed by atoms with Crippen LogP contribution in [-0.2, 0) is 6.54 Å². The molecule has 106 valence electrons. The topological polar surface area (TPSA) is 40.5 Å². The molecule has 0 aromatic carbocycles. The van der Waals surface area contributed by atoms with E-state index in [4.69, 9.17) is 0 Å². The first kappa shape index (κ1) is 15.7. The van der Waals surface area contributed by atoms with Crippen molar-refractivity contribution in [2.24, 2.45) is 4.99 Å². The number of allylic oxidation sites excluding steroid dienone is 1. The molecule has 0 spiro atoms. The molecule has 0 saturated heterocycles. The van der Waals surface area contributed by atoms with E-state index >= 15 is 0 Å². The normalized spacial score (nSPS) is 11.5. The van der Waals surface area contributed by atoms with Crippen LogP contribution in [0.3, 0.4) is 0 Å². The molecule has 1 aromatic rings. The molecule has 0 aliphatic rings. The van der Waals surface area contributed by atoms with Crippen LogP contribution in [0.15, 0.2) is 17.6 Å². The molecule has 0 saturated carbocycles. The summed E-state index contributed by atoms with van der Waals surface area (Å²) in [5.41, 5.74) is 1.11. The van der Waals surface area contributed by atoms with E-state index < -0.39 is 0 Å². The van der Waals surface area contributed by atoms with Gasteiger partial charge in [0.25, 0.3) is 0 Å². The van der Waals surface area contributed by atoms with E-state index in [0.717, 1.165) is 42.6 Å². The van der Waals surface area contributed by atoms with Gasteiger partial charge in [-0.2, -0.15) is 0 Å². The molecule has 0 aliphatic heterocycles. The molecule has 5 heteroatoms. The molecule has 0 amide bonds. The first-order chi connectivity index (χ1) is 9.08. The molecule has 19 heavy (non-hydrogen) atoms. The second-order valence-corrected chi connectivity index (χ2v) is 5.78. The van der Waals surface area contributed by atoms with Crippen LogP contribution < -0.4 is 5.32 Å². The Bertz CT molecular complexity index is 437. The minimum absolute atomic E-state index is 0.788. The fraction of sp³-hybridized carbons (Fsp3) is 0.571. The molecular weight excluding hydrogens is 256 g/mol. The summed E-state index contributed by atoms with van der Waals surface area (Å²) in [7, 11) is 3.88. The summed E-state index contributed by atoms with van der Waals surface area (Å²) >= 11 is 1.74. The van der Waals surface area contributed by atoms with Gasteiger partial charge in [-0.3, -0.25) is 4.99 Å². The average Bonchev–Trinajstić information content (AvgIpc) is 2.69. The van der Waals surface area contributed by atoms with Crippen molar-refractivity contribution in [3.8, 4) is 0 Å². The number of unbranched alkanes of at least 4 members (excludes halogenated alkanes) is 1. The summed E-state index contributed by atoms with van der Waals surface area (Å²) in [5, 5.41) is 4.50. The van der Waals surface area contributed by atoms with Crippen LogP contribution in [0.5, 0.6) is 0 Å². The molecule has 0 fully saturated rings. The third-order valence-corrected chi connectivity index (χ3v) is 3.95. The lowest BCUT2D eigenvalue weighted by Gasteiger charge is -2.21. The fourth-order valence-corrected chi connectivity index (χ4v) is 2.74. The van der Waals surface area contributed by atoms with Crippen molar-refractivity contribution in [3.05, 3.63) is 28.2 Å². The lowest BCUT2D eigenvalue weighted by atomic mass is 10.3. The van der Waals surface area contributed by atoms with Crippen molar-refractivity contribution in [3.63, 3.8) is 0 Å². The second kappa shape index (κ2) is 7.94. The first-order valence-corrected chi connectivity index (χ1v) is 7.35. The van der Waals surface area contributed by atoms with Crippen molar-refractivity contribution in [1.82, 2.24) is 15.2 Å². The van der Waals surface area contributed by atoms with E-state index in [0.29, 0.717) is 0 Å². The zero-order valence-electron chi connectivity index (χ0n) is 12.4. The zero-order valence-corrected chi connectivity index (χ0v) is 13.2. The van der Waals surface area contributed by atoms with Gasteiger partial charge in [0.1, 0.15) is 0 Å². The van der Waals surface area contributed by atoms with E-state index in [1.54, 1.807) is 11.3 Å². The molecule has 0 aliphatic carbocycles. The third-order valence-electron chi connectivity index (χ3n) is 2.88. The largest absolute Gasteiger partial charge is 0.351 e. The van der Waals surface area contributed by atoms with E-state index in [-0.39, 0.29) is 0 Å². The van der Waals surface area contributed by atoms with E-state index in [1.807, 2.05) is 20.0 Å². The number of aryl methyl sites for hydroxylation is 2. The SMILES string of the molecule is C=CCCCN(C)C(=NC)NCc1sc(C)nc1C. The number of hydrogen-bond donors (Lipinski definition) is 1. The second-order valence-electron chi connectivity index (χ2n) is 4.49. The molecule has 0 radical (unpaired) electrons. The predicted molar refractivity (Wildman–Crippen MR) is 83.8 cm³/mol. The van der Waals surface area contributed by atoms with Gasteiger partial charge in [-0.25, -0.2) is 4.98 Å². The summed E-state index contributed by atoms with van der Waals surface area (Å²) in [4.78, 5) is 12.2. The zero-order chi connectivity index (χ0) is 14.3. The van der Waals surface area contributed by atoms with Crippen LogP contribution in [0.4, 0.5) is 0 Å². The standard InChI is InChI=1S/C14H24N4S/c1-6-7-8-9-18(5)14(15-4)16-10-13-11(2)17-12(3)19-13/h6H,1,7-10H2,2-5H3,(H,15,16). The van der Waals surface area contributed by atoms with Crippen molar-refractivity contribution >= 4 is 17.3 Å². The van der Waals surface area contributed by atoms with E-state index in [2.05, 4.69) is 40.7 Å². The Morgan fingerprint density at radius 2 is 2.26 bits per heavy atom. The van der Waals surface area contributed by atoms with Crippen LogP contribution in [0.1, 0.15) is 28.4 Å². The Morgan fingerprint density at radius 3 is 2.79 bits per heavy atom. The average molecular weight is 280 g/mol. The van der Waals surface area contributed by atoms with Crippen molar-refractivity contribution in [1.29, 1.82) is 0 Å². The smallest absolute Gasteiger partial charge is 0.193 e. The summed E-state index contributed by atoms with van der Waals surface area (Å²) in [6, 6.07) is 0. The molecule has 1 rings (SSSR count). The Hall–Kier alpha value is -1.36. The van der Waals surface area contributed by atoms with Gasteiger partial charge in [0.05, 0.1) is 17.2 Å². The van der Waals surface area contributed by atoms with Crippen molar-refractivity contribution in [2.75, 3.05) is 20.6 Å². The minimum atomic E-state index is 0.788. The Kier molecular flexibility index (Phi) is 6.56. The lowest BCUT2D eigenvalue weighted by molar-refractivity contribution is 0.470. The fourth-order valence-electron chi connectivity index (χ4n) is 1.86. The number of aromatic nitrogens is 1. The Balaban J connectivity index is 2.48. The highest BCUT2D eigenvalue weighted by atomic mass is 32.1. The molecule has 4 nitrogen and oxygen atoms in total. The highest BCUT2D eigenvalue weighted by Crippen LogP contribution is 2.16. The number of rotatable bonds is 6. The highest BCUT2D eigenvalue weighted by molar-refractivity contribution is 7.11. The van der Waals surface area contributed by atoms with Gasteiger partial charge < -0.3 is 10.2 Å². The minimum Gasteiger partial charge on any atom is -0.351 e. The maximum Gasteiger partial charge on any atom is 0.193 e. The number of nitrogens with zero attached hydrogens (tertiary/aromatic N) is 3. The van der Waals surface area contributed by atoms with Crippen LogP contribution in [0, 0.1) is 13.8 Å².